The highest BCUT2D eigenvalue weighted by molar-refractivity contribution is 9.10. The first-order valence-corrected chi connectivity index (χ1v) is 8.05. The number of benzene rings is 1. The topological polar surface area (TPSA) is 17.1 Å². The van der Waals surface area contributed by atoms with Crippen LogP contribution >= 0.6 is 15.9 Å². The van der Waals surface area contributed by atoms with Gasteiger partial charge in [0.25, 0.3) is 0 Å². The van der Waals surface area contributed by atoms with Crippen LogP contribution in [-0.2, 0) is 11.2 Å². The predicted octanol–water partition coefficient (Wildman–Crippen LogP) is 4.54. The van der Waals surface area contributed by atoms with Gasteiger partial charge in [0.2, 0.25) is 0 Å². The lowest BCUT2D eigenvalue weighted by molar-refractivity contribution is -0.123. The molecule has 0 N–H and O–H groups in total. The van der Waals surface area contributed by atoms with Crippen LogP contribution in [0, 0.1) is 11.8 Å². The van der Waals surface area contributed by atoms with Crippen LogP contribution in [0.15, 0.2) is 28.2 Å². The minimum atomic E-state index is 0.204. The molecule has 1 aromatic rings. The summed E-state index contributed by atoms with van der Waals surface area (Å²) >= 11 is 3.58. The molecular formula is C17H17BrO. The number of aryl methyl sites for hydroxylation is 1. The standard InChI is InChI=1S/C17H17BrO/c18-13-5-4-11-2-3-12-7-10-1-6-16(19)15(8-10)17(12)14(11)9-13/h4-5,9-10,15H,1-3,6-8H2/t10-,15+/m0/s1. The molecule has 3 aliphatic carbocycles. The van der Waals surface area contributed by atoms with Crippen LogP contribution in [0.1, 0.15) is 43.2 Å². The van der Waals surface area contributed by atoms with Gasteiger partial charge < -0.3 is 0 Å². The Labute approximate surface area is 122 Å². The quantitative estimate of drug-likeness (QED) is 0.687. The fraction of sp³-hybridized carbons (Fsp3) is 0.471. The van der Waals surface area contributed by atoms with Crippen molar-refractivity contribution in [3.63, 3.8) is 0 Å². The monoisotopic (exact) mass is 316 g/mol. The van der Waals surface area contributed by atoms with E-state index in [4.69, 9.17) is 0 Å². The summed E-state index contributed by atoms with van der Waals surface area (Å²) in [6, 6.07) is 6.58. The van der Waals surface area contributed by atoms with Crippen LogP contribution in [0.4, 0.5) is 0 Å². The van der Waals surface area contributed by atoms with E-state index in [1.54, 1.807) is 5.57 Å². The van der Waals surface area contributed by atoms with Crippen molar-refractivity contribution in [1.82, 2.24) is 0 Å². The van der Waals surface area contributed by atoms with Crippen molar-refractivity contribution in [3.05, 3.63) is 39.4 Å². The summed E-state index contributed by atoms with van der Waals surface area (Å²) in [6.45, 7) is 0. The third-order valence-corrected chi connectivity index (χ3v) is 5.57. The normalized spacial score (nSPS) is 29.0. The molecule has 4 rings (SSSR count). The van der Waals surface area contributed by atoms with Crippen molar-refractivity contribution in [2.45, 2.75) is 38.5 Å². The Hall–Kier alpha value is -0.890. The smallest absolute Gasteiger partial charge is 0.140 e. The Bertz CT molecular complexity index is 599. The Kier molecular flexibility index (Phi) is 2.70. The zero-order valence-corrected chi connectivity index (χ0v) is 12.5. The lowest BCUT2D eigenvalue weighted by Crippen LogP contribution is -2.32. The average molecular weight is 317 g/mol. The molecule has 19 heavy (non-hydrogen) atoms. The van der Waals surface area contributed by atoms with Crippen molar-refractivity contribution in [1.29, 1.82) is 0 Å². The maximum atomic E-state index is 12.3. The van der Waals surface area contributed by atoms with Gasteiger partial charge >= 0.3 is 0 Å². The summed E-state index contributed by atoms with van der Waals surface area (Å²) in [7, 11) is 0. The number of halogens is 1. The summed E-state index contributed by atoms with van der Waals surface area (Å²) in [5.74, 6) is 1.46. The van der Waals surface area contributed by atoms with Gasteiger partial charge in [-0.25, -0.2) is 0 Å². The number of hydrogen-bond donors (Lipinski definition) is 0. The van der Waals surface area contributed by atoms with Crippen LogP contribution in [0.25, 0.3) is 5.57 Å². The number of Topliss-reactive ketones (excluding diaryl/α,β-unsaturated/α-hetero) is 1. The van der Waals surface area contributed by atoms with Gasteiger partial charge in [0.15, 0.2) is 0 Å². The second kappa shape index (κ2) is 4.31. The van der Waals surface area contributed by atoms with E-state index in [2.05, 4.69) is 34.1 Å². The summed E-state index contributed by atoms with van der Waals surface area (Å²) in [4.78, 5) is 12.3. The highest BCUT2D eigenvalue weighted by atomic mass is 79.9. The minimum Gasteiger partial charge on any atom is -0.299 e. The van der Waals surface area contributed by atoms with Gasteiger partial charge in [-0.15, -0.1) is 0 Å². The van der Waals surface area contributed by atoms with Crippen LogP contribution in [0.2, 0.25) is 0 Å². The van der Waals surface area contributed by atoms with Gasteiger partial charge in [0, 0.05) is 16.8 Å². The Morgan fingerprint density at radius 3 is 2.95 bits per heavy atom. The molecule has 0 aromatic heterocycles. The molecule has 1 saturated carbocycles. The third-order valence-electron chi connectivity index (χ3n) is 5.08. The third kappa shape index (κ3) is 1.84. The van der Waals surface area contributed by atoms with E-state index >= 15 is 0 Å². The lowest BCUT2D eigenvalue weighted by Gasteiger charge is -2.40. The van der Waals surface area contributed by atoms with E-state index in [1.165, 1.54) is 29.5 Å². The van der Waals surface area contributed by atoms with Crippen LogP contribution < -0.4 is 0 Å². The molecule has 3 aliphatic rings. The highest BCUT2D eigenvalue weighted by Crippen LogP contribution is 2.49. The maximum absolute atomic E-state index is 12.3. The molecule has 98 valence electrons. The molecule has 0 unspecified atom stereocenters. The zero-order chi connectivity index (χ0) is 13.0. The van der Waals surface area contributed by atoms with Crippen LogP contribution in [0.5, 0.6) is 0 Å². The summed E-state index contributed by atoms with van der Waals surface area (Å²) in [5.41, 5.74) is 5.77. The molecule has 0 aliphatic heterocycles. The van der Waals surface area contributed by atoms with E-state index in [-0.39, 0.29) is 5.92 Å². The van der Waals surface area contributed by atoms with Crippen molar-refractivity contribution < 1.29 is 4.79 Å². The SMILES string of the molecule is O=C1CC[C@H]2CC3=C(c4cc(Br)ccc4CC3)[C@@H]1C2. The lowest BCUT2D eigenvalue weighted by atomic mass is 9.64. The average Bonchev–Trinajstić information content (AvgIpc) is 2.42. The number of allylic oxidation sites excluding steroid dienone is 2. The van der Waals surface area contributed by atoms with Crippen molar-refractivity contribution in [3.8, 4) is 0 Å². The van der Waals surface area contributed by atoms with Crippen molar-refractivity contribution in [2.75, 3.05) is 0 Å². The maximum Gasteiger partial charge on any atom is 0.140 e. The van der Waals surface area contributed by atoms with Gasteiger partial charge in [0.05, 0.1) is 0 Å². The number of fused-ring (bicyclic) bond motifs is 5. The number of carbonyl (C=O) groups is 1. The zero-order valence-electron chi connectivity index (χ0n) is 10.9. The molecule has 2 bridgehead atoms. The molecule has 1 aromatic carbocycles. The predicted molar refractivity (Wildman–Crippen MR) is 79.8 cm³/mol. The summed E-state index contributed by atoms with van der Waals surface area (Å²) < 4.78 is 1.13. The number of ketones is 1. The number of rotatable bonds is 0. The molecule has 1 fully saturated rings. The van der Waals surface area contributed by atoms with E-state index in [9.17, 15) is 4.79 Å². The van der Waals surface area contributed by atoms with Gasteiger partial charge in [-0.1, -0.05) is 27.6 Å². The molecule has 0 radical (unpaired) electrons. The van der Waals surface area contributed by atoms with E-state index in [0.29, 0.717) is 5.78 Å². The van der Waals surface area contributed by atoms with Gasteiger partial charge in [-0.05, 0) is 66.9 Å². The van der Waals surface area contributed by atoms with E-state index < -0.39 is 0 Å². The molecule has 0 spiro atoms. The Morgan fingerprint density at radius 2 is 2.05 bits per heavy atom. The second-order valence-electron chi connectivity index (χ2n) is 6.18. The molecular weight excluding hydrogens is 300 g/mol. The van der Waals surface area contributed by atoms with Gasteiger partial charge in [-0.2, -0.15) is 0 Å². The van der Waals surface area contributed by atoms with Crippen molar-refractivity contribution >= 4 is 27.3 Å². The molecule has 0 saturated heterocycles. The first-order valence-electron chi connectivity index (χ1n) is 7.26. The van der Waals surface area contributed by atoms with Gasteiger partial charge in [0.1, 0.15) is 5.78 Å². The van der Waals surface area contributed by atoms with Crippen LogP contribution in [0.3, 0.4) is 0 Å². The number of hydrogen-bond acceptors (Lipinski definition) is 1. The molecule has 2 atom stereocenters. The largest absolute Gasteiger partial charge is 0.299 e. The minimum absolute atomic E-state index is 0.204. The van der Waals surface area contributed by atoms with E-state index in [1.807, 2.05) is 0 Å². The summed E-state index contributed by atoms with van der Waals surface area (Å²) in [5, 5.41) is 0. The fourth-order valence-electron chi connectivity index (χ4n) is 4.19. The number of carbonyl (C=O) groups excluding carboxylic acids is 1. The summed E-state index contributed by atoms with van der Waals surface area (Å²) in [6.07, 6.45) is 6.58. The first kappa shape index (κ1) is 11.9. The fourth-order valence-corrected chi connectivity index (χ4v) is 4.55. The first-order chi connectivity index (χ1) is 9.22. The van der Waals surface area contributed by atoms with Crippen molar-refractivity contribution in [2.24, 2.45) is 11.8 Å². The van der Waals surface area contributed by atoms with Crippen LogP contribution in [-0.4, -0.2) is 5.78 Å². The molecule has 0 amide bonds. The molecule has 0 heterocycles. The Morgan fingerprint density at radius 1 is 1.16 bits per heavy atom. The molecule has 1 nitrogen and oxygen atoms in total. The highest BCUT2D eigenvalue weighted by Gasteiger charge is 2.39. The second-order valence-corrected chi connectivity index (χ2v) is 7.10. The van der Waals surface area contributed by atoms with E-state index in [0.717, 1.165) is 36.1 Å². The molecule has 2 heteroatoms. The Balaban J connectivity index is 1.90. The van der Waals surface area contributed by atoms with Gasteiger partial charge in [-0.3, -0.25) is 4.79 Å².